The third-order valence-corrected chi connectivity index (χ3v) is 3.95. The van der Waals surface area contributed by atoms with Crippen LogP contribution in [0.1, 0.15) is 12.0 Å². The fourth-order valence-corrected chi connectivity index (χ4v) is 2.88. The molecule has 1 N–H and O–H groups in total. The van der Waals surface area contributed by atoms with Gasteiger partial charge in [-0.25, -0.2) is 0 Å². The van der Waals surface area contributed by atoms with Crippen molar-refractivity contribution in [1.29, 1.82) is 5.26 Å². The van der Waals surface area contributed by atoms with Crippen LogP contribution >= 0.6 is 0 Å². The second-order valence-corrected chi connectivity index (χ2v) is 5.18. The normalized spacial score (nSPS) is 27.1. The van der Waals surface area contributed by atoms with E-state index in [1.165, 1.54) is 5.56 Å². The van der Waals surface area contributed by atoms with Gasteiger partial charge in [0.25, 0.3) is 0 Å². The number of morpholine rings is 1. The molecular formula is C15H17N3O2. The lowest BCUT2D eigenvalue weighted by Crippen LogP contribution is -2.51. The first-order valence-corrected chi connectivity index (χ1v) is 6.92. The van der Waals surface area contributed by atoms with E-state index in [-0.39, 0.29) is 11.9 Å². The van der Waals surface area contributed by atoms with Gasteiger partial charge < -0.3 is 10.1 Å². The Labute approximate surface area is 118 Å². The zero-order valence-corrected chi connectivity index (χ0v) is 11.2. The van der Waals surface area contributed by atoms with Gasteiger partial charge in [0.05, 0.1) is 18.7 Å². The van der Waals surface area contributed by atoms with Crippen LogP contribution in [0.5, 0.6) is 0 Å². The first-order valence-electron chi connectivity index (χ1n) is 6.92. The standard InChI is InChI=1S/C15H17N3O2/c16-9-12-10-18(7-8-20-12)14-6-5-11-3-1-2-4-13(11)17-15(14)19/h1-4,12,14H,5-8,10H2,(H,17,19). The molecule has 1 aromatic carbocycles. The minimum atomic E-state index is -0.429. The summed E-state index contributed by atoms with van der Waals surface area (Å²) in [7, 11) is 0. The van der Waals surface area contributed by atoms with Crippen molar-refractivity contribution >= 4 is 11.6 Å². The maximum atomic E-state index is 12.4. The Morgan fingerprint density at radius 2 is 2.25 bits per heavy atom. The Hall–Kier alpha value is -1.90. The SMILES string of the molecule is N#CC1CN(C2CCc3ccccc3NC2=O)CCO1. The lowest BCUT2D eigenvalue weighted by molar-refractivity contribution is -0.124. The molecule has 2 unspecified atom stereocenters. The van der Waals surface area contributed by atoms with Gasteiger partial charge in [-0.3, -0.25) is 9.69 Å². The first-order chi connectivity index (χ1) is 9.78. The molecule has 1 amide bonds. The summed E-state index contributed by atoms with van der Waals surface area (Å²) in [6, 6.07) is 9.86. The molecule has 2 heterocycles. The molecule has 3 rings (SSSR count). The molecular weight excluding hydrogens is 254 g/mol. The van der Waals surface area contributed by atoms with Gasteiger partial charge in [-0.15, -0.1) is 0 Å². The Kier molecular flexibility index (Phi) is 3.68. The lowest BCUT2D eigenvalue weighted by Gasteiger charge is -2.34. The molecule has 1 aromatic rings. The molecule has 5 nitrogen and oxygen atoms in total. The number of nitrogens with one attached hydrogen (secondary N) is 1. The van der Waals surface area contributed by atoms with E-state index in [4.69, 9.17) is 10.00 Å². The fraction of sp³-hybridized carbons (Fsp3) is 0.467. The Bertz CT molecular complexity index is 552. The number of nitrogens with zero attached hydrogens (tertiary/aromatic N) is 2. The fourth-order valence-electron chi connectivity index (χ4n) is 2.88. The maximum Gasteiger partial charge on any atom is 0.241 e. The van der Waals surface area contributed by atoms with Crippen molar-refractivity contribution in [3.05, 3.63) is 29.8 Å². The summed E-state index contributed by atoms with van der Waals surface area (Å²) < 4.78 is 5.34. The predicted molar refractivity (Wildman–Crippen MR) is 74.1 cm³/mol. The van der Waals surface area contributed by atoms with Crippen LogP contribution in [-0.4, -0.2) is 42.6 Å². The minimum absolute atomic E-state index is 0.0218. The average Bonchev–Trinajstić information content (AvgIpc) is 2.65. The molecule has 0 saturated carbocycles. The second kappa shape index (κ2) is 5.61. The van der Waals surface area contributed by atoms with E-state index >= 15 is 0 Å². The molecule has 2 aliphatic heterocycles. The van der Waals surface area contributed by atoms with E-state index in [0.717, 1.165) is 18.5 Å². The molecule has 0 aromatic heterocycles. The highest BCUT2D eigenvalue weighted by Gasteiger charge is 2.32. The number of anilines is 1. The highest BCUT2D eigenvalue weighted by Crippen LogP contribution is 2.24. The van der Waals surface area contributed by atoms with Crippen LogP contribution in [0.3, 0.4) is 0 Å². The van der Waals surface area contributed by atoms with Crippen molar-refractivity contribution in [3.63, 3.8) is 0 Å². The molecule has 0 radical (unpaired) electrons. The average molecular weight is 271 g/mol. The molecule has 2 atom stereocenters. The van der Waals surface area contributed by atoms with E-state index in [1.54, 1.807) is 0 Å². The zero-order chi connectivity index (χ0) is 13.9. The maximum absolute atomic E-state index is 12.4. The summed E-state index contributed by atoms with van der Waals surface area (Å²) in [5.74, 6) is 0.0218. The van der Waals surface area contributed by atoms with Crippen LogP contribution in [0.25, 0.3) is 0 Å². The van der Waals surface area contributed by atoms with E-state index in [1.807, 2.05) is 18.2 Å². The number of aryl methyl sites for hydroxylation is 1. The summed E-state index contributed by atoms with van der Waals surface area (Å²) in [4.78, 5) is 14.5. The Morgan fingerprint density at radius 3 is 3.10 bits per heavy atom. The molecule has 0 aliphatic carbocycles. The van der Waals surface area contributed by atoms with Crippen LogP contribution in [-0.2, 0) is 16.0 Å². The van der Waals surface area contributed by atoms with Crippen molar-refractivity contribution in [3.8, 4) is 6.07 Å². The number of carbonyl (C=O) groups excluding carboxylic acids is 1. The Balaban J connectivity index is 1.76. The van der Waals surface area contributed by atoms with Crippen molar-refractivity contribution in [2.24, 2.45) is 0 Å². The number of benzene rings is 1. The largest absolute Gasteiger partial charge is 0.361 e. The van der Waals surface area contributed by atoms with Gasteiger partial charge in [0.2, 0.25) is 5.91 Å². The molecule has 20 heavy (non-hydrogen) atoms. The third kappa shape index (κ3) is 2.53. The van der Waals surface area contributed by atoms with Gasteiger partial charge in [-0.1, -0.05) is 18.2 Å². The van der Waals surface area contributed by atoms with Gasteiger partial charge >= 0.3 is 0 Å². The molecule has 0 bridgehead atoms. The summed E-state index contributed by atoms with van der Waals surface area (Å²) in [6.07, 6.45) is 1.22. The third-order valence-electron chi connectivity index (χ3n) is 3.95. The molecule has 104 valence electrons. The highest BCUT2D eigenvalue weighted by atomic mass is 16.5. The second-order valence-electron chi connectivity index (χ2n) is 5.18. The summed E-state index contributed by atoms with van der Waals surface area (Å²) in [5, 5.41) is 12.0. The Morgan fingerprint density at radius 1 is 1.40 bits per heavy atom. The number of amides is 1. The highest BCUT2D eigenvalue weighted by molar-refractivity contribution is 5.96. The van der Waals surface area contributed by atoms with Crippen LogP contribution in [0.15, 0.2) is 24.3 Å². The summed E-state index contributed by atoms with van der Waals surface area (Å²) >= 11 is 0. The number of fused-ring (bicyclic) bond motifs is 1. The number of hydrogen-bond acceptors (Lipinski definition) is 4. The van der Waals surface area contributed by atoms with E-state index in [2.05, 4.69) is 22.4 Å². The molecule has 0 spiro atoms. The number of hydrogen-bond donors (Lipinski definition) is 1. The monoisotopic (exact) mass is 271 g/mol. The minimum Gasteiger partial charge on any atom is -0.361 e. The lowest BCUT2D eigenvalue weighted by atomic mass is 10.0. The van der Waals surface area contributed by atoms with Gasteiger partial charge in [0, 0.05) is 18.8 Å². The zero-order valence-electron chi connectivity index (χ0n) is 11.2. The molecule has 2 aliphatic rings. The van der Waals surface area contributed by atoms with Crippen LogP contribution < -0.4 is 5.32 Å². The van der Waals surface area contributed by atoms with E-state index in [0.29, 0.717) is 19.7 Å². The predicted octanol–water partition coefficient (Wildman–Crippen LogP) is 1.16. The quantitative estimate of drug-likeness (QED) is 0.832. The van der Waals surface area contributed by atoms with Crippen molar-refractivity contribution in [2.45, 2.75) is 25.0 Å². The van der Waals surface area contributed by atoms with E-state index in [9.17, 15) is 4.79 Å². The van der Waals surface area contributed by atoms with E-state index < -0.39 is 6.10 Å². The van der Waals surface area contributed by atoms with Gasteiger partial charge in [-0.05, 0) is 24.5 Å². The van der Waals surface area contributed by atoms with Gasteiger partial charge in [0.15, 0.2) is 6.10 Å². The summed E-state index contributed by atoms with van der Waals surface area (Å²) in [5.41, 5.74) is 2.08. The smallest absolute Gasteiger partial charge is 0.241 e. The van der Waals surface area contributed by atoms with Gasteiger partial charge in [0.1, 0.15) is 0 Å². The number of para-hydroxylation sites is 1. The first kappa shape index (κ1) is 13.1. The van der Waals surface area contributed by atoms with Crippen LogP contribution in [0.2, 0.25) is 0 Å². The topological polar surface area (TPSA) is 65.4 Å². The molecule has 1 saturated heterocycles. The van der Waals surface area contributed by atoms with Crippen LogP contribution in [0.4, 0.5) is 5.69 Å². The molecule has 1 fully saturated rings. The summed E-state index contributed by atoms with van der Waals surface area (Å²) in [6.45, 7) is 1.71. The van der Waals surface area contributed by atoms with Crippen molar-refractivity contribution < 1.29 is 9.53 Å². The van der Waals surface area contributed by atoms with Crippen molar-refractivity contribution in [2.75, 3.05) is 25.0 Å². The van der Waals surface area contributed by atoms with Crippen molar-refractivity contribution in [1.82, 2.24) is 4.90 Å². The number of ether oxygens (including phenoxy) is 1. The number of carbonyl (C=O) groups is 1. The number of rotatable bonds is 1. The van der Waals surface area contributed by atoms with Crippen LogP contribution in [0, 0.1) is 11.3 Å². The molecule has 5 heteroatoms. The van der Waals surface area contributed by atoms with Gasteiger partial charge in [-0.2, -0.15) is 5.26 Å². The number of nitriles is 1.